The lowest BCUT2D eigenvalue weighted by atomic mass is 10.3. The summed E-state index contributed by atoms with van der Waals surface area (Å²) in [4.78, 5) is 28.1. The van der Waals surface area contributed by atoms with Crippen LogP contribution in [0.15, 0.2) is 24.4 Å². The van der Waals surface area contributed by atoms with E-state index in [0.29, 0.717) is 12.2 Å². The van der Waals surface area contributed by atoms with E-state index in [1.54, 1.807) is 25.3 Å². The maximum Gasteiger partial charge on any atom is 0.328 e. The summed E-state index contributed by atoms with van der Waals surface area (Å²) in [5.41, 5.74) is 0.704. The van der Waals surface area contributed by atoms with Gasteiger partial charge in [0.05, 0.1) is 18.8 Å². The molecule has 1 atom stereocenters. The van der Waals surface area contributed by atoms with E-state index in [9.17, 15) is 9.59 Å². The first kappa shape index (κ1) is 14.9. The van der Waals surface area contributed by atoms with Crippen molar-refractivity contribution >= 4 is 12.0 Å². The zero-order valence-electron chi connectivity index (χ0n) is 10.6. The first-order valence-corrected chi connectivity index (χ1v) is 5.87. The highest BCUT2D eigenvalue weighted by molar-refractivity contribution is 5.82. The number of urea groups is 1. The topological polar surface area (TPSA) is 103 Å². The molecule has 0 aliphatic rings. The molecule has 0 fully saturated rings. The highest BCUT2D eigenvalue weighted by Gasteiger charge is 2.21. The molecular formula is C12H17N3O4. The van der Waals surface area contributed by atoms with Crippen molar-refractivity contribution in [3.05, 3.63) is 30.1 Å². The summed E-state index contributed by atoms with van der Waals surface area (Å²) in [6.07, 6.45) is 1.62. The molecule has 1 heterocycles. The number of aromatic nitrogens is 1. The molecule has 19 heavy (non-hydrogen) atoms. The third-order valence-corrected chi connectivity index (χ3v) is 2.53. The Hall–Kier alpha value is -2.15. The quantitative estimate of drug-likeness (QED) is 0.676. The highest BCUT2D eigenvalue weighted by atomic mass is 16.4. The van der Waals surface area contributed by atoms with Crippen molar-refractivity contribution in [1.29, 1.82) is 0 Å². The first-order valence-electron chi connectivity index (χ1n) is 5.87. The number of nitrogens with zero attached hydrogens (tertiary/aromatic N) is 2. The van der Waals surface area contributed by atoms with Gasteiger partial charge in [-0.25, -0.2) is 9.59 Å². The molecule has 7 heteroatoms. The Morgan fingerprint density at radius 3 is 2.68 bits per heavy atom. The molecule has 0 saturated heterocycles. The van der Waals surface area contributed by atoms with Crippen molar-refractivity contribution in [2.75, 3.05) is 13.2 Å². The van der Waals surface area contributed by atoms with E-state index in [2.05, 4.69) is 10.3 Å². The Morgan fingerprint density at radius 1 is 1.47 bits per heavy atom. The number of carbonyl (C=O) groups is 2. The van der Waals surface area contributed by atoms with Crippen molar-refractivity contribution in [3.8, 4) is 0 Å². The molecule has 3 N–H and O–H groups in total. The maximum atomic E-state index is 11.9. The number of aliphatic carboxylic acids is 1. The van der Waals surface area contributed by atoms with Crippen LogP contribution < -0.4 is 5.32 Å². The van der Waals surface area contributed by atoms with Crippen LogP contribution in [0, 0.1) is 0 Å². The maximum absolute atomic E-state index is 11.9. The van der Waals surface area contributed by atoms with Gasteiger partial charge in [0.2, 0.25) is 0 Å². The van der Waals surface area contributed by atoms with Crippen molar-refractivity contribution in [2.24, 2.45) is 0 Å². The van der Waals surface area contributed by atoms with Gasteiger partial charge in [-0.2, -0.15) is 0 Å². The summed E-state index contributed by atoms with van der Waals surface area (Å²) < 4.78 is 0. The number of carboxylic acids is 1. The Kier molecular flexibility index (Phi) is 5.74. The van der Waals surface area contributed by atoms with Crippen molar-refractivity contribution in [3.63, 3.8) is 0 Å². The van der Waals surface area contributed by atoms with E-state index < -0.39 is 24.6 Å². The van der Waals surface area contributed by atoms with Gasteiger partial charge in [0.15, 0.2) is 6.04 Å². The van der Waals surface area contributed by atoms with E-state index >= 15 is 0 Å². The van der Waals surface area contributed by atoms with Crippen molar-refractivity contribution in [1.82, 2.24) is 15.2 Å². The van der Waals surface area contributed by atoms with E-state index in [4.69, 9.17) is 10.2 Å². The van der Waals surface area contributed by atoms with E-state index in [1.807, 2.05) is 6.07 Å². The zero-order valence-corrected chi connectivity index (χ0v) is 10.6. The van der Waals surface area contributed by atoms with Crippen LogP contribution >= 0.6 is 0 Å². The number of rotatable bonds is 6. The lowest BCUT2D eigenvalue weighted by Crippen LogP contribution is -2.49. The molecule has 0 unspecified atom stereocenters. The second kappa shape index (κ2) is 7.32. The van der Waals surface area contributed by atoms with Crippen LogP contribution in [0.3, 0.4) is 0 Å². The number of aliphatic hydroxyl groups excluding tert-OH is 1. The molecule has 1 rings (SSSR count). The fourth-order valence-electron chi connectivity index (χ4n) is 1.44. The summed E-state index contributed by atoms with van der Waals surface area (Å²) in [5.74, 6) is -1.27. The fraction of sp³-hybridized carbons (Fsp3) is 0.417. The summed E-state index contributed by atoms with van der Waals surface area (Å²) in [6.45, 7) is 1.81. The van der Waals surface area contributed by atoms with Crippen LogP contribution in [0.1, 0.15) is 12.6 Å². The number of hydrogen-bond acceptors (Lipinski definition) is 4. The first-order chi connectivity index (χ1) is 9.08. The lowest BCUT2D eigenvalue weighted by molar-refractivity contribution is -0.140. The molecule has 1 aromatic rings. The van der Waals surface area contributed by atoms with Crippen molar-refractivity contribution < 1.29 is 19.8 Å². The number of amides is 2. The normalized spacial score (nSPS) is 11.7. The van der Waals surface area contributed by atoms with Gasteiger partial charge in [-0.15, -0.1) is 0 Å². The standard InChI is InChI=1S/C12H17N3O4/c1-2-15(7-9-5-3-4-6-13-9)12(19)14-10(8-16)11(17)18/h3-6,10,16H,2,7-8H2,1H3,(H,14,19)(H,17,18)/t10-/m1/s1. The van der Waals surface area contributed by atoms with Gasteiger partial charge in [-0.05, 0) is 19.1 Å². The van der Waals surface area contributed by atoms with Gasteiger partial charge in [0.25, 0.3) is 0 Å². The Labute approximate surface area is 110 Å². The van der Waals surface area contributed by atoms with Gasteiger partial charge >= 0.3 is 12.0 Å². The van der Waals surface area contributed by atoms with E-state index in [1.165, 1.54) is 4.90 Å². The minimum Gasteiger partial charge on any atom is -0.480 e. The lowest BCUT2D eigenvalue weighted by Gasteiger charge is -2.22. The number of carbonyl (C=O) groups excluding carboxylic acids is 1. The SMILES string of the molecule is CCN(Cc1ccccn1)C(=O)N[C@H](CO)C(=O)O. The molecule has 0 saturated carbocycles. The summed E-state index contributed by atoms with van der Waals surface area (Å²) >= 11 is 0. The smallest absolute Gasteiger partial charge is 0.328 e. The van der Waals surface area contributed by atoms with Gasteiger partial charge in [-0.1, -0.05) is 6.07 Å². The number of pyridine rings is 1. The number of carboxylic acid groups (broad SMARTS) is 1. The third-order valence-electron chi connectivity index (χ3n) is 2.53. The number of aliphatic hydroxyl groups is 1. The van der Waals surface area contributed by atoms with Crippen LogP contribution in [-0.4, -0.2) is 51.3 Å². The largest absolute Gasteiger partial charge is 0.480 e. The molecule has 1 aromatic heterocycles. The fourth-order valence-corrected chi connectivity index (χ4v) is 1.44. The van der Waals surface area contributed by atoms with Crippen LogP contribution in [0.4, 0.5) is 4.79 Å². The van der Waals surface area contributed by atoms with Crippen LogP contribution in [0.5, 0.6) is 0 Å². The zero-order chi connectivity index (χ0) is 14.3. The van der Waals surface area contributed by atoms with Gasteiger partial charge in [-0.3, -0.25) is 4.98 Å². The molecule has 104 valence electrons. The molecular weight excluding hydrogens is 250 g/mol. The monoisotopic (exact) mass is 267 g/mol. The second-order valence-corrected chi connectivity index (χ2v) is 3.86. The van der Waals surface area contributed by atoms with Crippen molar-refractivity contribution in [2.45, 2.75) is 19.5 Å². The molecule has 0 spiro atoms. The highest BCUT2D eigenvalue weighted by Crippen LogP contribution is 2.01. The third kappa shape index (κ3) is 4.55. The Morgan fingerprint density at radius 2 is 2.21 bits per heavy atom. The number of nitrogens with one attached hydrogen (secondary N) is 1. The minimum absolute atomic E-state index is 0.279. The molecule has 2 amide bonds. The average Bonchev–Trinajstić information content (AvgIpc) is 2.42. The Balaban J connectivity index is 2.64. The van der Waals surface area contributed by atoms with E-state index in [0.717, 1.165) is 0 Å². The van der Waals surface area contributed by atoms with Gasteiger partial charge in [0, 0.05) is 12.7 Å². The molecule has 0 aliphatic heterocycles. The van der Waals surface area contributed by atoms with Crippen LogP contribution in [-0.2, 0) is 11.3 Å². The molecule has 0 bridgehead atoms. The minimum atomic E-state index is -1.30. The van der Waals surface area contributed by atoms with Gasteiger partial charge < -0.3 is 20.4 Å². The average molecular weight is 267 g/mol. The molecule has 0 aromatic carbocycles. The summed E-state index contributed by atoms with van der Waals surface area (Å²) in [6, 6.07) is 3.50. The number of hydrogen-bond donors (Lipinski definition) is 3. The predicted molar refractivity (Wildman–Crippen MR) is 67.4 cm³/mol. The second-order valence-electron chi connectivity index (χ2n) is 3.86. The van der Waals surface area contributed by atoms with Gasteiger partial charge in [0.1, 0.15) is 0 Å². The van der Waals surface area contributed by atoms with Crippen LogP contribution in [0.2, 0.25) is 0 Å². The predicted octanol–water partition coefficient (Wildman–Crippen LogP) is 0.0586. The summed E-state index contributed by atoms with van der Waals surface area (Å²) in [7, 11) is 0. The van der Waals surface area contributed by atoms with E-state index in [-0.39, 0.29) is 6.54 Å². The summed E-state index contributed by atoms with van der Waals surface area (Å²) in [5, 5.41) is 19.9. The molecule has 0 radical (unpaired) electrons. The molecule has 0 aliphatic carbocycles. The Bertz CT molecular complexity index is 424. The van der Waals surface area contributed by atoms with Crippen LogP contribution in [0.25, 0.3) is 0 Å². The molecule has 7 nitrogen and oxygen atoms in total.